The van der Waals surface area contributed by atoms with Crippen LogP contribution in [0.3, 0.4) is 0 Å². The Labute approximate surface area is 240 Å². The van der Waals surface area contributed by atoms with Crippen LogP contribution in [0.2, 0.25) is 0 Å². The van der Waals surface area contributed by atoms with Crippen LogP contribution >= 0.6 is 11.3 Å². The summed E-state index contributed by atoms with van der Waals surface area (Å²) in [6, 6.07) is 0.636. The molecule has 0 spiro atoms. The van der Waals surface area contributed by atoms with Crippen molar-refractivity contribution in [1.29, 1.82) is 0 Å². The minimum atomic E-state index is -5.13. The largest absolute Gasteiger partial charge is 0.474 e. The number of aromatic nitrogens is 2. The topological polar surface area (TPSA) is 97.5 Å². The number of anilines is 2. The van der Waals surface area contributed by atoms with Crippen LogP contribution < -0.4 is 21.1 Å². The molecule has 2 aromatic heterocycles. The summed E-state index contributed by atoms with van der Waals surface area (Å²) in [5, 5.41) is 5.63. The van der Waals surface area contributed by atoms with E-state index < -0.39 is 75.4 Å². The molecule has 7 nitrogen and oxygen atoms in total. The maximum absolute atomic E-state index is 16.3. The summed E-state index contributed by atoms with van der Waals surface area (Å²) >= 11 is 0.333. The number of aliphatic imine (C=N–C) groups is 1. The molecule has 16 heteroatoms. The van der Waals surface area contributed by atoms with Gasteiger partial charge in [0.15, 0.2) is 10.8 Å². The number of nitrogens with two attached hydrogens (primary N) is 1. The van der Waals surface area contributed by atoms with Crippen molar-refractivity contribution >= 4 is 29.4 Å². The number of pyridine rings is 1. The average molecular weight is 625 g/mol. The summed E-state index contributed by atoms with van der Waals surface area (Å²) in [4.78, 5) is 11.3. The van der Waals surface area contributed by atoms with Crippen LogP contribution in [-0.2, 0) is 25.4 Å². The molecule has 2 heterocycles. The number of hydrogen-bond acceptors (Lipinski definition) is 8. The molecule has 3 aromatic rings. The number of ether oxygens (including phenoxy) is 1. The molecule has 0 saturated heterocycles. The number of halogens is 8. The van der Waals surface area contributed by atoms with Crippen LogP contribution in [0.15, 0.2) is 16.4 Å². The van der Waals surface area contributed by atoms with E-state index in [0.717, 1.165) is 12.3 Å². The molecule has 0 bridgehead atoms. The van der Waals surface area contributed by atoms with Gasteiger partial charge in [0, 0.05) is 24.0 Å². The molecule has 4 N–H and O–H groups in total. The van der Waals surface area contributed by atoms with Gasteiger partial charge >= 0.3 is 12.4 Å². The van der Waals surface area contributed by atoms with E-state index in [1.807, 2.05) is 0 Å². The summed E-state index contributed by atoms with van der Waals surface area (Å²) in [5.74, 6) is -2.85. The third-order valence-electron chi connectivity index (χ3n) is 6.14. The number of nitrogens with one attached hydrogen (secondary N) is 2. The third-order valence-corrected chi connectivity index (χ3v) is 7.08. The Kier molecular flexibility index (Phi) is 10.4. The minimum Gasteiger partial charge on any atom is -0.474 e. The predicted molar refractivity (Wildman–Crippen MR) is 145 cm³/mol. The first-order chi connectivity index (χ1) is 19.6. The van der Waals surface area contributed by atoms with Crippen molar-refractivity contribution < 1.29 is 39.9 Å². The van der Waals surface area contributed by atoms with Gasteiger partial charge in [0.1, 0.15) is 11.5 Å². The van der Waals surface area contributed by atoms with Crippen LogP contribution in [0.4, 0.5) is 46.5 Å². The van der Waals surface area contributed by atoms with E-state index in [9.17, 15) is 30.7 Å². The summed E-state index contributed by atoms with van der Waals surface area (Å²) in [6.45, 7) is 7.68. The number of alkyl halides is 6. The number of thiazole rings is 1. The smallest absolute Gasteiger partial charge is 0.443 e. The van der Waals surface area contributed by atoms with Crippen LogP contribution in [0.1, 0.15) is 47.7 Å². The van der Waals surface area contributed by atoms with Gasteiger partial charge in [0.25, 0.3) is 0 Å². The highest BCUT2D eigenvalue weighted by Gasteiger charge is 2.39. The van der Waals surface area contributed by atoms with E-state index in [1.165, 1.54) is 0 Å². The Balaban J connectivity index is 2.27. The van der Waals surface area contributed by atoms with Gasteiger partial charge in [-0.15, -0.1) is 11.3 Å². The Hall–Kier alpha value is -3.53. The molecule has 0 aliphatic rings. The Morgan fingerprint density at radius 3 is 2.36 bits per heavy atom. The highest BCUT2D eigenvalue weighted by Crippen LogP contribution is 2.44. The highest BCUT2D eigenvalue weighted by molar-refractivity contribution is 7.09. The lowest BCUT2D eigenvalue weighted by Crippen LogP contribution is -2.22. The summed E-state index contributed by atoms with van der Waals surface area (Å²) in [5.41, 5.74) is 0.498. The van der Waals surface area contributed by atoms with Gasteiger partial charge in [0.2, 0.25) is 5.88 Å². The maximum atomic E-state index is 16.3. The molecule has 1 unspecified atom stereocenters. The fraction of sp³-hybridized carbons (Fsp3) is 0.423. The van der Waals surface area contributed by atoms with Crippen molar-refractivity contribution in [3.63, 3.8) is 0 Å². The number of nitrogen functional groups attached to an aromatic ring is 1. The molecule has 0 aliphatic heterocycles. The Morgan fingerprint density at radius 2 is 1.79 bits per heavy atom. The van der Waals surface area contributed by atoms with Crippen molar-refractivity contribution in [2.75, 3.05) is 24.1 Å². The molecule has 230 valence electrons. The zero-order valence-electron chi connectivity index (χ0n) is 22.7. The lowest BCUT2D eigenvalue weighted by atomic mass is 9.95. The first-order valence-electron chi connectivity index (χ1n) is 12.5. The van der Waals surface area contributed by atoms with E-state index in [-0.39, 0.29) is 36.8 Å². The Morgan fingerprint density at radius 1 is 1.10 bits per heavy atom. The van der Waals surface area contributed by atoms with Gasteiger partial charge in [-0.3, -0.25) is 4.99 Å². The van der Waals surface area contributed by atoms with E-state index in [4.69, 9.17) is 10.5 Å². The molecule has 0 saturated carbocycles. The second kappa shape index (κ2) is 13.2. The van der Waals surface area contributed by atoms with Crippen LogP contribution in [0, 0.1) is 18.6 Å². The van der Waals surface area contributed by atoms with Gasteiger partial charge < -0.3 is 21.1 Å². The third kappa shape index (κ3) is 7.45. The molecule has 1 atom stereocenters. The number of hydrogen-bond donors (Lipinski definition) is 3. The van der Waals surface area contributed by atoms with Crippen molar-refractivity contribution in [3.05, 3.63) is 50.5 Å². The number of nitrogens with zero attached hydrogens (tertiary/aromatic N) is 3. The summed E-state index contributed by atoms with van der Waals surface area (Å²) < 4.78 is 118. The molecular formula is C26H28F8N6OS. The fourth-order valence-corrected chi connectivity index (χ4v) is 4.60. The maximum Gasteiger partial charge on any atom is 0.443 e. The van der Waals surface area contributed by atoms with E-state index >= 15 is 4.39 Å². The molecule has 42 heavy (non-hydrogen) atoms. The fourth-order valence-electron chi connectivity index (χ4n) is 3.91. The van der Waals surface area contributed by atoms with Gasteiger partial charge in [-0.05, 0) is 38.6 Å². The van der Waals surface area contributed by atoms with E-state index in [2.05, 4.69) is 32.3 Å². The highest BCUT2D eigenvalue weighted by atomic mass is 32.1. The standard InChI is InChI=1S/C26H28F8N6OS/c1-5-12(2)41-23-16(10-37-7-6-36-4)21(38-9-14-11-42-24(39-14)26(32,33)34)20(28)22(40-23)15-8-17(35)19(27)13(3)18(15)25(29,30)31/h8,11-12,37H,4-7,9-10,35H2,1-3H3,(H,38,40). The first-order valence-corrected chi connectivity index (χ1v) is 13.4. The van der Waals surface area contributed by atoms with Crippen LogP contribution in [0.25, 0.3) is 11.3 Å². The molecular weight excluding hydrogens is 596 g/mol. The SMILES string of the molecule is C=NCCNCc1c(OC(C)CC)nc(-c2cc(N)c(F)c(C)c2C(F)(F)F)c(F)c1NCc1csc(C(F)(F)F)n1. The predicted octanol–water partition coefficient (Wildman–Crippen LogP) is 6.99. The lowest BCUT2D eigenvalue weighted by Gasteiger charge is -2.23. The minimum absolute atomic E-state index is 0.0484. The molecule has 0 aliphatic carbocycles. The van der Waals surface area contributed by atoms with E-state index in [1.54, 1.807) is 13.8 Å². The molecule has 3 rings (SSSR count). The second-order valence-corrected chi connectivity index (χ2v) is 10.1. The zero-order valence-corrected chi connectivity index (χ0v) is 23.6. The molecule has 0 radical (unpaired) electrons. The monoisotopic (exact) mass is 624 g/mol. The van der Waals surface area contributed by atoms with Crippen molar-refractivity contribution in [2.45, 2.75) is 58.7 Å². The lowest BCUT2D eigenvalue weighted by molar-refractivity contribution is -0.138. The first kappa shape index (κ1) is 33.0. The van der Waals surface area contributed by atoms with E-state index in [0.29, 0.717) is 23.8 Å². The quantitative estimate of drug-likeness (QED) is 0.0870. The number of rotatable bonds is 12. The molecule has 1 aromatic carbocycles. The van der Waals surface area contributed by atoms with Crippen molar-refractivity contribution in [3.8, 4) is 17.1 Å². The summed E-state index contributed by atoms with van der Waals surface area (Å²) in [6.07, 6.45) is -9.90. The van der Waals surface area contributed by atoms with Crippen LogP contribution in [-0.4, -0.2) is 35.9 Å². The average Bonchev–Trinajstić information content (AvgIpc) is 3.39. The van der Waals surface area contributed by atoms with Gasteiger partial charge in [-0.1, -0.05) is 6.92 Å². The zero-order chi connectivity index (χ0) is 31.4. The number of benzene rings is 1. The molecule has 0 amide bonds. The van der Waals surface area contributed by atoms with Crippen molar-refractivity contribution in [2.24, 2.45) is 4.99 Å². The summed E-state index contributed by atoms with van der Waals surface area (Å²) in [7, 11) is 0. The van der Waals surface area contributed by atoms with Gasteiger partial charge in [-0.2, -0.15) is 26.3 Å². The van der Waals surface area contributed by atoms with Crippen molar-refractivity contribution in [1.82, 2.24) is 15.3 Å². The van der Waals surface area contributed by atoms with Gasteiger partial charge in [0.05, 0.1) is 47.4 Å². The molecule has 0 fully saturated rings. The normalized spacial score (nSPS) is 12.8. The second-order valence-electron chi connectivity index (χ2n) is 9.21. The Bertz CT molecular complexity index is 1420. The van der Waals surface area contributed by atoms with Gasteiger partial charge in [-0.25, -0.2) is 18.7 Å². The van der Waals surface area contributed by atoms with Crippen LogP contribution in [0.5, 0.6) is 5.88 Å².